The molecule has 0 radical (unpaired) electrons. The van der Waals surface area contributed by atoms with Gasteiger partial charge in [0.1, 0.15) is 5.76 Å². The van der Waals surface area contributed by atoms with Crippen molar-refractivity contribution in [2.45, 2.75) is 58.1 Å². The van der Waals surface area contributed by atoms with E-state index in [0.717, 1.165) is 17.0 Å². The van der Waals surface area contributed by atoms with Crippen molar-refractivity contribution in [3.63, 3.8) is 0 Å². The smallest absolute Gasteiger partial charge is 0.225 e. The van der Waals surface area contributed by atoms with Gasteiger partial charge in [-0.1, -0.05) is 5.16 Å². The van der Waals surface area contributed by atoms with Gasteiger partial charge in [-0.25, -0.2) is 0 Å². The minimum Gasteiger partial charge on any atom is -0.391 e. The number of morpholine rings is 1. The Labute approximate surface area is 159 Å². The van der Waals surface area contributed by atoms with Crippen LogP contribution in [0.15, 0.2) is 4.52 Å². The number of hydrogen-bond donors (Lipinski definition) is 2. The van der Waals surface area contributed by atoms with Crippen molar-refractivity contribution in [3.05, 3.63) is 17.0 Å². The molecule has 2 amide bonds. The van der Waals surface area contributed by atoms with E-state index >= 15 is 0 Å². The van der Waals surface area contributed by atoms with Crippen LogP contribution in [-0.4, -0.2) is 65.4 Å². The van der Waals surface area contributed by atoms with Gasteiger partial charge in [0, 0.05) is 31.0 Å². The number of carbonyl (C=O) groups excluding carboxylic acids is 2. The number of nitrogens with one attached hydrogen (secondary N) is 1. The molecule has 1 aromatic rings. The molecule has 150 valence electrons. The molecule has 0 aromatic carbocycles. The Kier molecular flexibility index (Phi) is 6.49. The van der Waals surface area contributed by atoms with E-state index in [9.17, 15) is 14.7 Å². The average Bonchev–Trinajstić information content (AvgIpc) is 2.99. The van der Waals surface area contributed by atoms with E-state index in [-0.39, 0.29) is 23.8 Å². The van der Waals surface area contributed by atoms with Crippen LogP contribution in [0, 0.1) is 19.8 Å². The topological polar surface area (TPSA) is 105 Å². The standard InChI is InChI=1S/C19H29N3O5/c1-12-15(13(2)27-21-12)4-6-18(24)20-16-11-14(3-5-17(16)23)19(25)22-7-9-26-10-8-22/h14,16-17,23H,3-11H2,1-2H3,(H,20,24)/t14-,16+,17+/m0/s1. The molecule has 1 aromatic heterocycles. The number of rotatable bonds is 5. The summed E-state index contributed by atoms with van der Waals surface area (Å²) >= 11 is 0. The summed E-state index contributed by atoms with van der Waals surface area (Å²) in [6, 6.07) is -0.383. The van der Waals surface area contributed by atoms with E-state index in [1.54, 1.807) is 0 Å². The predicted molar refractivity (Wildman–Crippen MR) is 97.0 cm³/mol. The SMILES string of the molecule is Cc1noc(C)c1CCC(=O)N[C@@H]1C[C@@H](C(=O)N2CCOCC2)CC[C@H]1O. The highest BCUT2D eigenvalue weighted by Crippen LogP contribution is 2.27. The van der Waals surface area contributed by atoms with E-state index in [1.807, 2.05) is 18.7 Å². The lowest BCUT2D eigenvalue weighted by atomic mass is 9.82. The van der Waals surface area contributed by atoms with Crippen molar-refractivity contribution in [3.8, 4) is 0 Å². The maximum Gasteiger partial charge on any atom is 0.225 e. The summed E-state index contributed by atoms with van der Waals surface area (Å²) in [5.41, 5.74) is 1.75. The van der Waals surface area contributed by atoms with Crippen molar-refractivity contribution in [2.24, 2.45) is 5.92 Å². The highest BCUT2D eigenvalue weighted by Gasteiger charge is 2.36. The summed E-state index contributed by atoms with van der Waals surface area (Å²) in [4.78, 5) is 26.9. The molecule has 3 atom stereocenters. The lowest BCUT2D eigenvalue weighted by Gasteiger charge is -2.36. The van der Waals surface area contributed by atoms with Crippen molar-refractivity contribution in [1.29, 1.82) is 0 Å². The van der Waals surface area contributed by atoms with Gasteiger partial charge in [-0.2, -0.15) is 0 Å². The Morgan fingerprint density at radius 3 is 2.67 bits per heavy atom. The molecular formula is C19H29N3O5. The third kappa shape index (κ3) is 4.87. The van der Waals surface area contributed by atoms with Gasteiger partial charge in [0.2, 0.25) is 11.8 Å². The molecule has 1 aliphatic carbocycles. The summed E-state index contributed by atoms with van der Waals surface area (Å²) in [5, 5.41) is 17.1. The lowest BCUT2D eigenvalue weighted by molar-refractivity contribution is -0.142. The van der Waals surface area contributed by atoms with Gasteiger partial charge in [0.15, 0.2) is 0 Å². The van der Waals surface area contributed by atoms with Gasteiger partial charge in [0.25, 0.3) is 0 Å². The Balaban J connectivity index is 1.51. The minimum absolute atomic E-state index is 0.111. The summed E-state index contributed by atoms with van der Waals surface area (Å²) in [5.74, 6) is 0.562. The number of aromatic nitrogens is 1. The molecule has 0 bridgehead atoms. The number of aliphatic hydroxyl groups is 1. The van der Waals surface area contributed by atoms with E-state index in [2.05, 4.69) is 10.5 Å². The fourth-order valence-electron chi connectivity index (χ4n) is 3.95. The second-order valence-corrected chi connectivity index (χ2v) is 7.49. The number of carbonyl (C=O) groups is 2. The van der Waals surface area contributed by atoms with Gasteiger partial charge in [0.05, 0.1) is 31.1 Å². The van der Waals surface area contributed by atoms with Gasteiger partial charge >= 0.3 is 0 Å². The Morgan fingerprint density at radius 2 is 2.00 bits per heavy atom. The second kappa shape index (κ2) is 8.84. The molecule has 0 unspecified atom stereocenters. The zero-order valence-electron chi connectivity index (χ0n) is 16.1. The highest BCUT2D eigenvalue weighted by molar-refractivity contribution is 5.80. The number of ether oxygens (including phenoxy) is 1. The maximum absolute atomic E-state index is 12.7. The van der Waals surface area contributed by atoms with Gasteiger partial charge in [-0.3, -0.25) is 9.59 Å². The number of aliphatic hydroxyl groups excluding tert-OH is 1. The number of aryl methyl sites for hydroxylation is 2. The molecule has 2 N–H and O–H groups in total. The summed E-state index contributed by atoms with van der Waals surface area (Å²) in [6.45, 7) is 6.07. The van der Waals surface area contributed by atoms with Crippen molar-refractivity contribution >= 4 is 11.8 Å². The Morgan fingerprint density at radius 1 is 1.26 bits per heavy atom. The van der Waals surface area contributed by atoms with Crippen LogP contribution in [0.3, 0.4) is 0 Å². The fourth-order valence-corrected chi connectivity index (χ4v) is 3.95. The van der Waals surface area contributed by atoms with Crippen molar-refractivity contribution in [1.82, 2.24) is 15.4 Å². The largest absolute Gasteiger partial charge is 0.391 e. The molecule has 2 fully saturated rings. The lowest BCUT2D eigenvalue weighted by Crippen LogP contribution is -2.51. The van der Waals surface area contributed by atoms with E-state index in [4.69, 9.17) is 9.26 Å². The van der Waals surface area contributed by atoms with Crippen LogP contribution >= 0.6 is 0 Å². The Bertz CT molecular complexity index is 649. The zero-order chi connectivity index (χ0) is 19.4. The van der Waals surface area contributed by atoms with Gasteiger partial charge in [-0.15, -0.1) is 0 Å². The summed E-state index contributed by atoms with van der Waals surface area (Å²) < 4.78 is 10.4. The predicted octanol–water partition coefficient (Wildman–Crippen LogP) is 0.729. The first kappa shape index (κ1) is 19.8. The molecule has 2 aliphatic rings. The van der Waals surface area contributed by atoms with Crippen LogP contribution in [0.25, 0.3) is 0 Å². The molecule has 1 aliphatic heterocycles. The number of nitrogens with zero attached hydrogens (tertiary/aromatic N) is 2. The first-order valence-electron chi connectivity index (χ1n) is 9.71. The highest BCUT2D eigenvalue weighted by atomic mass is 16.5. The van der Waals surface area contributed by atoms with Gasteiger partial charge in [-0.05, 0) is 39.5 Å². The van der Waals surface area contributed by atoms with E-state index < -0.39 is 6.10 Å². The quantitative estimate of drug-likeness (QED) is 0.781. The van der Waals surface area contributed by atoms with Crippen LogP contribution in [0.4, 0.5) is 0 Å². The molecule has 3 rings (SSSR count). The van der Waals surface area contributed by atoms with Crippen molar-refractivity contribution < 1.29 is 24.0 Å². The van der Waals surface area contributed by atoms with E-state index in [1.165, 1.54) is 0 Å². The molecule has 1 saturated carbocycles. The molecule has 0 spiro atoms. The third-order valence-electron chi connectivity index (χ3n) is 5.62. The first-order chi connectivity index (χ1) is 13.0. The van der Waals surface area contributed by atoms with Crippen LogP contribution in [0.2, 0.25) is 0 Å². The molecular weight excluding hydrogens is 350 g/mol. The Hall–Kier alpha value is -1.93. The number of hydrogen-bond acceptors (Lipinski definition) is 6. The monoisotopic (exact) mass is 379 g/mol. The van der Waals surface area contributed by atoms with Gasteiger partial charge < -0.3 is 24.6 Å². The number of amides is 2. The normalized spacial score (nSPS) is 26.0. The minimum atomic E-state index is -0.609. The van der Waals surface area contributed by atoms with E-state index in [0.29, 0.717) is 58.4 Å². The molecule has 27 heavy (non-hydrogen) atoms. The molecule has 2 heterocycles. The molecule has 8 nitrogen and oxygen atoms in total. The van der Waals surface area contributed by atoms with Crippen LogP contribution in [-0.2, 0) is 20.7 Å². The first-order valence-corrected chi connectivity index (χ1v) is 9.71. The zero-order valence-corrected chi connectivity index (χ0v) is 16.1. The summed E-state index contributed by atoms with van der Waals surface area (Å²) in [6.07, 6.45) is 1.90. The average molecular weight is 379 g/mol. The second-order valence-electron chi connectivity index (χ2n) is 7.49. The fraction of sp³-hybridized carbons (Fsp3) is 0.737. The third-order valence-corrected chi connectivity index (χ3v) is 5.62. The maximum atomic E-state index is 12.7. The van der Waals surface area contributed by atoms with Crippen LogP contribution < -0.4 is 5.32 Å². The molecule has 1 saturated heterocycles. The molecule has 8 heteroatoms. The van der Waals surface area contributed by atoms with Crippen LogP contribution in [0.5, 0.6) is 0 Å². The summed E-state index contributed by atoms with van der Waals surface area (Å²) in [7, 11) is 0. The van der Waals surface area contributed by atoms with Crippen LogP contribution in [0.1, 0.15) is 42.7 Å². The van der Waals surface area contributed by atoms with Crippen molar-refractivity contribution in [2.75, 3.05) is 26.3 Å².